The molecular formula is C20H29N3O2. The Morgan fingerprint density at radius 1 is 1.12 bits per heavy atom. The van der Waals surface area contributed by atoms with Crippen molar-refractivity contribution in [2.24, 2.45) is 0 Å². The zero-order valence-corrected chi connectivity index (χ0v) is 15.4. The monoisotopic (exact) mass is 343 g/mol. The normalized spacial score (nSPS) is 30.6. The maximum atomic E-state index is 12.8. The number of carbonyl (C=O) groups is 1. The Hall–Kier alpha value is -1.43. The van der Waals surface area contributed by atoms with Crippen molar-refractivity contribution in [2.75, 3.05) is 39.8 Å². The number of rotatable bonds is 3. The maximum Gasteiger partial charge on any atom is 0.251 e. The third kappa shape index (κ3) is 3.59. The first kappa shape index (κ1) is 17.0. The van der Waals surface area contributed by atoms with Crippen LogP contribution in [0.25, 0.3) is 0 Å². The van der Waals surface area contributed by atoms with Gasteiger partial charge in [0.2, 0.25) is 0 Å². The van der Waals surface area contributed by atoms with Gasteiger partial charge in [-0.05, 0) is 26.0 Å². The van der Waals surface area contributed by atoms with E-state index in [-0.39, 0.29) is 18.1 Å². The van der Waals surface area contributed by atoms with Crippen LogP contribution in [-0.4, -0.2) is 78.6 Å². The molecule has 1 amide bonds. The molecule has 0 radical (unpaired) electrons. The first-order chi connectivity index (χ1) is 12.1. The van der Waals surface area contributed by atoms with Crippen molar-refractivity contribution in [3.63, 3.8) is 0 Å². The lowest BCUT2D eigenvalue weighted by Gasteiger charge is -2.34. The summed E-state index contributed by atoms with van der Waals surface area (Å²) in [6, 6.07) is 9.17. The Labute approximate surface area is 150 Å². The standard InChI is InChI=1S/C20H29N3O2/c1-15-3-5-16(6-4-15)14-23-8-7-18-17(23)13-19(25-18)20(24)22-11-9-21(2)10-12-22/h3-6,17-19H,7-14H2,1-2H3/t17-,18-,19+/m0/s1. The van der Waals surface area contributed by atoms with Gasteiger partial charge in [0.05, 0.1) is 6.10 Å². The van der Waals surface area contributed by atoms with E-state index in [1.165, 1.54) is 11.1 Å². The van der Waals surface area contributed by atoms with Gasteiger partial charge < -0.3 is 14.5 Å². The molecule has 25 heavy (non-hydrogen) atoms. The molecule has 3 heterocycles. The summed E-state index contributed by atoms with van der Waals surface area (Å²) >= 11 is 0. The van der Waals surface area contributed by atoms with Crippen LogP contribution >= 0.6 is 0 Å². The van der Waals surface area contributed by atoms with E-state index in [0.29, 0.717) is 6.04 Å². The highest BCUT2D eigenvalue weighted by atomic mass is 16.5. The second-order valence-electron chi connectivity index (χ2n) is 7.84. The lowest BCUT2D eigenvalue weighted by atomic mass is 10.1. The van der Waals surface area contributed by atoms with Gasteiger partial charge in [-0.25, -0.2) is 0 Å². The fourth-order valence-electron chi connectivity index (χ4n) is 4.35. The van der Waals surface area contributed by atoms with Gasteiger partial charge in [0.25, 0.3) is 5.91 Å². The summed E-state index contributed by atoms with van der Waals surface area (Å²) in [5.74, 6) is 0.206. The number of hydrogen-bond acceptors (Lipinski definition) is 4. The van der Waals surface area contributed by atoms with Crippen molar-refractivity contribution < 1.29 is 9.53 Å². The van der Waals surface area contributed by atoms with Gasteiger partial charge in [0.15, 0.2) is 0 Å². The highest BCUT2D eigenvalue weighted by Crippen LogP contribution is 2.34. The summed E-state index contributed by atoms with van der Waals surface area (Å²) in [7, 11) is 2.11. The zero-order valence-electron chi connectivity index (χ0n) is 15.4. The highest BCUT2D eigenvalue weighted by molar-refractivity contribution is 5.81. The number of nitrogens with zero attached hydrogens (tertiary/aromatic N) is 3. The van der Waals surface area contributed by atoms with E-state index in [2.05, 4.69) is 48.0 Å². The number of benzene rings is 1. The van der Waals surface area contributed by atoms with Crippen LogP contribution in [-0.2, 0) is 16.1 Å². The minimum absolute atomic E-state index is 0.206. The lowest BCUT2D eigenvalue weighted by molar-refractivity contribution is -0.144. The second-order valence-corrected chi connectivity index (χ2v) is 7.84. The molecule has 3 fully saturated rings. The summed E-state index contributed by atoms with van der Waals surface area (Å²) in [6.45, 7) is 7.73. The molecule has 4 rings (SSSR count). The van der Waals surface area contributed by atoms with Crippen LogP contribution in [0.2, 0.25) is 0 Å². The topological polar surface area (TPSA) is 36.0 Å². The van der Waals surface area contributed by atoms with Crippen LogP contribution in [0.4, 0.5) is 0 Å². The molecule has 0 bridgehead atoms. The van der Waals surface area contributed by atoms with Crippen molar-refractivity contribution in [1.82, 2.24) is 14.7 Å². The number of likely N-dealkylation sites (N-methyl/N-ethyl adjacent to an activating group) is 1. The smallest absolute Gasteiger partial charge is 0.251 e. The Balaban J connectivity index is 1.36. The molecule has 0 N–H and O–H groups in total. The van der Waals surface area contributed by atoms with E-state index in [0.717, 1.165) is 52.1 Å². The number of carbonyl (C=O) groups excluding carboxylic acids is 1. The van der Waals surface area contributed by atoms with Crippen LogP contribution in [0.5, 0.6) is 0 Å². The van der Waals surface area contributed by atoms with Gasteiger partial charge in [0.1, 0.15) is 6.10 Å². The largest absolute Gasteiger partial charge is 0.363 e. The summed E-state index contributed by atoms with van der Waals surface area (Å²) in [5.41, 5.74) is 2.64. The van der Waals surface area contributed by atoms with Crippen LogP contribution in [0.15, 0.2) is 24.3 Å². The number of piperazine rings is 1. The third-order valence-electron chi connectivity index (χ3n) is 5.99. The molecule has 1 aromatic rings. The molecule has 0 saturated carbocycles. The molecular weight excluding hydrogens is 314 g/mol. The van der Waals surface area contributed by atoms with Gasteiger partial charge in [-0.15, -0.1) is 0 Å². The molecule has 5 heteroatoms. The Kier molecular flexibility index (Phi) is 4.80. The molecule has 3 saturated heterocycles. The van der Waals surface area contributed by atoms with Gasteiger partial charge in [-0.2, -0.15) is 0 Å². The fourth-order valence-corrected chi connectivity index (χ4v) is 4.35. The van der Waals surface area contributed by atoms with E-state index >= 15 is 0 Å². The lowest BCUT2D eigenvalue weighted by Crippen LogP contribution is -2.50. The zero-order chi connectivity index (χ0) is 17.4. The molecule has 0 aromatic heterocycles. The fraction of sp³-hybridized carbons (Fsp3) is 0.650. The van der Waals surface area contributed by atoms with Crippen molar-refractivity contribution in [3.8, 4) is 0 Å². The Morgan fingerprint density at radius 2 is 1.84 bits per heavy atom. The Bertz CT molecular complexity index is 610. The number of likely N-dealkylation sites (tertiary alicyclic amines) is 1. The molecule has 5 nitrogen and oxygen atoms in total. The number of fused-ring (bicyclic) bond motifs is 1. The van der Waals surface area contributed by atoms with Crippen LogP contribution < -0.4 is 0 Å². The molecule has 3 aliphatic heterocycles. The molecule has 0 spiro atoms. The average Bonchev–Trinajstić information content (AvgIpc) is 3.19. The first-order valence-electron chi connectivity index (χ1n) is 9.52. The predicted octanol–water partition coefficient (Wildman–Crippen LogP) is 1.50. The molecule has 3 atom stereocenters. The van der Waals surface area contributed by atoms with Crippen molar-refractivity contribution in [3.05, 3.63) is 35.4 Å². The van der Waals surface area contributed by atoms with E-state index in [9.17, 15) is 4.79 Å². The van der Waals surface area contributed by atoms with E-state index in [4.69, 9.17) is 4.74 Å². The number of aryl methyl sites for hydroxylation is 1. The van der Waals surface area contributed by atoms with Gasteiger partial charge in [-0.1, -0.05) is 29.8 Å². The minimum atomic E-state index is -0.237. The van der Waals surface area contributed by atoms with Crippen LogP contribution in [0.1, 0.15) is 24.0 Å². The molecule has 1 aromatic carbocycles. The SMILES string of the molecule is Cc1ccc(CN2CC[C@@H]3O[C@@H](C(=O)N4CCN(C)CC4)C[C@@H]32)cc1. The number of amides is 1. The maximum absolute atomic E-state index is 12.8. The van der Waals surface area contributed by atoms with Crippen molar-refractivity contribution in [2.45, 2.75) is 44.6 Å². The van der Waals surface area contributed by atoms with Crippen molar-refractivity contribution in [1.29, 1.82) is 0 Å². The highest BCUT2D eigenvalue weighted by Gasteiger charge is 2.46. The summed E-state index contributed by atoms with van der Waals surface area (Å²) in [4.78, 5) is 19.6. The molecule has 0 aliphatic carbocycles. The van der Waals surface area contributed by atoms with E-state index < -0.39 is 0 Å². The van der Waals surface area contributed by atoms with Crippen LogP contribution in [0.3, 0.4) is 0 Å². The van der Waals surface area contributed by atoms with E-state index in [1.54, 1.807) is 0 Å². The van der Waals surface area contributed by atoms with Gasteiger partial charge in [-0.3, -0.25) is 9.69 Å². The second kappa shape index (κ2) is 7.06. The first-order valence-corrected chi connectivity index (χ1v) is 9.52. The van der Waals surface area contributed by atoms with Crippen LogP contribution in [0, 0.1) is 6.92 Å². The number of ether oxygens (including phenoxy) is 1. The Morgan fingerprint density at radius 3 is 2.56 bits per heavy atom. The van der Waals surface area contributed by atoms with Gasteiger partial charge in [0, 0.05) is 51.7 Å². The third-order valence-corrected chi connectivity index (χ3v) is 5.99. The minimum Gasteiger partial charge on any atom is -0.363 e. The quantitative estimate of drug-likeness (QED) is 0.833. The van der Waals surface area contributed by atoms with E-state index in [1.807, 2.05) is 4.90 Å². The summed E-state index contributed by atoms with van der Waals surface area (Å²) < 4.78 is 6.17. The summed E-state index contributed by atoms with van der Waals surface area (Å²) in [6.07, 6.45) is 1.89. The molecule has 3 aliphatic rings. The van der Waals surface area contributed by atoms with Crippen molar-refractivity contribution >= 4 is 5.91 Å². The van der Waals surface area contributed by atoms with Gasteiger partial charge >= 0.3 is 0 Å². The molecule has 136 valence electrons. The predicted molar refractivity (Wildman–Crippen MR) is 97.3 cm³/mol. The molecule has 0 unspecified atom stereocenters. The number of hydrogen-bond donors (Lipinski definition) is 0. The summed E-state index contributed by atoms with van der Waals surface area (Å²) in [5, 5.41) is 0. The average molecular weight is 343 g/mol.